The lowest BCUT2D eigenvalue weighted by Gasteiger charge is -2.09. The predicted octanol–water partition coefficient (Wildman–Crippen LogP) is 2.14. The third kappa shape index (κ3) is 3.64. The van der Waals surface area contributed by atoms with Gasteiger partial charge in [-0.3, -0.25) is 4.79 Å². The zero-order valence-corrected chi connectivity index (χ0v) is 11.5. The molecule has 0 aliphatic rings. The number of rotatable bonds is 5. The quantitative estimate of drug-likeness (QED) is 0.872. The van der Waals surface area contributed by atoms with E-state index < -0.39 is 6.10 Å². The van der Waals surface area contributed by atoms with E-state index in [-0.39, 0.29) is 12.3 Å². The molecule has 1 heterocycles. The van der Waals surface area contributed by atoms with Crippen LogP contribution in [0.25, 0.3) is 11.5 Å². The number of aromatic nitrogens is 2. The molecule has 2 aromatic rings. The summed E-state index contributed by atoms with van der Waals surface area (Å²) in [4.78, 5) is 16.0. The number of carbonyl (C=O) groups excluding carboxylic acids is 1. The van der Waals surface area contributed by atoms with Crippen molar-refractivity contribution < 1.29 is 14.4 Å². The van der Waals surface area contributed by atoms with Crippen LogP contribution >= 0.6 is 0 Å². The number of benzene rings is 1. The summed E-state index contributed by atoms with van der Waals surface area (Å²) >= 11 is 0. The lowest BCUT2D eigenvalue weighted by atomic mass is 10.1. The van der Waals surface area contributed by atoms with Gasteiger partial charge in [0.05, 0.1) is 17.4 Å². The van der Waals surface area contributed by atoms with Crippen molar-refractivity contribution in [2.24, 2.45) is 0 Å². The first-order chi connectivity index (χ1) is 9.56. The van der Waals surface area contributed by atoms with Gasteiger partial charge in [0.15, 0.2) is 5.82 Å². The van der Waals surface area contributed by atoms with E-state index in [1.807, 2.05) is 12.1 Å². The van der Waals surface area contributed by atoms with E-state index in [1.54, 1.807) is 26.0 Å². The van der Waals surface area contributed by atoms with Crippen molar-refractivity contribution in [1.29, 1.82) is 0 Å². The highest BCUT2D eigenvalue weighted by Crippen LogP contribution is 2.26. The molecule has 0 fully saturated rings. The molecule has 6 heteroatoms. The fourth-order valence-corrected chi connectivity index (χ4v) is 1.74. The largest absolute Gasteiger partial charge is 0.393 e. The van der Waals surface area contributed by atoms with Crippen LogP contribution in [0.4, 0.5) is 5.69 Å². The summed E-state index contributed by atoms with van der Waals surface area (Å²) in [6, 6.07) is 7.23. The molecule has 0 aliphatic carbocycles. The SMILES string of the molecule is Cc1noc(-c2ccccc2NC(=O)CCC(C)O)n1. The summed E-state index contributed by atoms with van der Waals surface area (Å²) in [5.41, 5.74) is 1.30. The minimum Gasteiger partial charge on any atom is -0.393 e. The zero-order chi connectivity index (χ0) is 14.5. The first-order valence-corrected chi connectivity index (χ1v) is 6.44. The number of para-hydroxylation sites is 1. The molecule has 106 valence electrons. The van der Waals surface area contributed by atoms with E-state index >= 15 is 0 Å². The number of nitrogens with one attached hydrogen (secondary N) is 1. The van der Waals surface area contributed by atoms with Crippen LogP contribution in [0.3, 0.4) is 0 Å². The van der Waals surface area contributed by atoms with Gasteiger partial charge >= 0.3 is 0 Å². The smallest absolute Gasteiger partial charge is 0.260 e. The number of carbonyl (C=O) groups is 1. The summed E-state index contributed by atoms with van der Waals surface area (Å²) in [6.07, 6.45) is 0.192. The predicted molar refractivity (Wildman–Crippen MR) is 74.0 cm³/mol. The van der Waals surface area contributed by atoms with Crippen LogP contribution in [-0.2, 0) is 4.79 Å². The fourth-order valence-electron chi connectivity index (χ4n) is 1.74. The van der Waals surface area contributed by atoms with Gasteiger partial charge in [-0.2, -0.15) is 4.98 Å². The molecule has 0 bridgehead atoms. The molecule has 1 aromatic heterocycles. The standard InChI is InChI=1S/C14H17N3O3/c1-9(18)7-8-13(19)16-12-6-4-3-5-11(12)14-15-10(2)17-20-14/h3-6,9,18H,7-8H2,1-2H3,(H,16,19). The average molecular weight is 275 g/mol. The van der Waals surface area contributed by atoms with Crippen LogP contribution in [0.2, 0.25) is 0 Å². The maximum atomic E-state index is 11.8. The number of aryl methyl sites for hydroxylation is 1. The van der Waals surface area contributed by atoms with Gasteiger partial charge in [-0.25, -0.2) is 0 Å². The van der Waals surface area contributed by atoms with Gasteiger partial charge < -0.3 is 14.9 Å². The number of anilines is 1. The summed E-state index contributed by atoms with van der Waals surface area (Å²) in [5, 5.41) is 15.7. The first kappa shape index (κ1) is 14.2. The number of aliphatic hydroxyl groups excluding tert-OH is 1. The molecule has 6 nitrogen and oxygen atoms in total. The van der Waals surface area contributed by atoms with Gasteiger partial charge in [-0.05, 0) is 32.4 Å². The molecule has 0 saturated heterocycles. The zero-order valence-electron chi connectivity index (χ0n) is 11.5. The fraction of sp³-hybridized carbons (Fsp3) is 0.357. The molecule has 0 saturated carbocycles. The summed E-state index contributed by atoms with van der Waals surface area (Å²) < 4.78 is 5.12. The average Bonchev–Trinajstić information content (AvgIpc) is 2.83. The number of aliphatic hydroxyl groups is 1. The van der Waals surface area contributed by atoms with Crippen molar-refractivity contribution in [1.82, 2.24) is 10.1 Å². The Balaban J connectivity index is 2.14. The van der Waals surface area contributed by atoms with Crippen LogP contribution in [-0.4, -0.2) is 27.3 Å². The second kappa shape index (κ2) is 6.29. The normalized spacial score (nSPS) is 12.2. The third-order valence-electron chi connectivity index (χ3n) is 2.75. The highest BCUT2D eigenvalue weighted by atomic mass is 16.5. The van der Waals surface area contributed by atoms with Crippen molar-refractivity contribution in [3.63, 3.8) is 0 Å². The molecule has 2 N–H and O–H groups in total. The minimum atomic E-state index is -0.491. The van der Waals surface area contributed by atoms with E-state index in [1.165, 1.54) is 0 Å². The molecular weight excluding hydrogens is 258 g/mol. The van der Waals surface area contributed by atoms with Crippen LogP contribution in [0.5, 0.6) is 0 Å². The molecule has 1 unspecified atom stereocenters. The molecule has 2 rings (SSSR count). The van der Waals surface area contributed by atoms with E-state index in [0.717, 1.165) is 0 Å². The number of hydrogen-bond donors (Lipinski definition) is 2. The van der Waals surface area contributed by atoms with Gasteiger partial charge in [0.1, 0.15) is 0 Å². The molecule has 0 aliphatic heterocycles. The molecule has 0 spiro atoms. The second-order valence-corrected chi connectivity index (χ2v) is 4.63. The lowest BCUT2D eigenvalue weighted by Crippen LogP contribution is -2.14. The van der Waals surface area contributed by atoms with Gasteiger partial charge in [0, 0.05) is 6.42 Å². The Morgan fingerprint density at radius 2 is 2.20 bits per heavy atom. The molecule has 0 radical (unpaired) electrons. The van der Waals surface area contributed by atoms with Gasteiger partial charge in [-0.1, -0.05) is 17.3 Å². The number of amides is 1. The second-order valence-electron chi connectivity index (χ2n) is 4.63. The molecule has 1 aromatic carbocycles. The van der Waals surface area contributed by atoms with E-state index in [2.05, 4.69) is 15.5 Å². The first-order valence-electron chi connectivity index (χ1n) is 6.44. The molecule has 20 heavy (non-hydrogen) atoms. The maximum absolute atomic E-state index is 11.8. The van der Waals surface area contributed by atoms with Crippen molar-refractivity contribution in [3.8, 4) is 11.5 Å². The van der Waals surface area contributed by atoms with Crippen LogP contribution in [0.15, 0.2) is 28.8 Å². The molecule has 1 amide bonds. The van der Waals surface area contributed by atoms with Crippen molar-refractivity contribution in [3.05, 3.63) is 30.1 Å². The van der Waals surface area contributed by atoms with Crippen LogP contribution in [0.1, 0.15) is 25.6 Å². The molecule has 1 atom stereocenters. The lowest BCUT2D eigenvalue weighted by molar-refractivity contribution is -0.116. The minimum absolute atomic E-state index is 0.158. The monoisotopic (exact) mass is 275 g/mol. The van der Waals surface area contributed by atoms with E-state index in [0.29, 0.717) is 29.4 Å². The Morgan fingerprint density at radius 1 is 1.45 bits per heavy atom. The highest BCUT2D eigenvalue weighted by Gasteiger charge is 2.13. The Morgan fingerprint density at radius 3 is 2.85 bits per heavy atom. The highest BCUT2D eigenvalue weighted by molar-refractivity contribution is 5.94. The Bertz CT molecular complexity index is 593. The summed E-state index contributed by atoms with van der Waals surface area (Å²) in [5.74, 6) is 0.749. The maximum Gasteiger partial charge on any atom is 0.260 e. The van der Waals surface area contributed by atoms with Crippen molar-refractivity contribution in [2.75, 3.05) is 5.32 Å². The van der Waals surface area contributed by atoms with Crippen LogP contribution < -0.4 is 5.32 Å². The van der Waals surface area contributed by atoms with E-state index in [9.17, 15) is 9.90 Å². The Kier molecular flexibility index (Phi) is 4.47. The number of hydrogen-bond acceptors (Lipinski definition) is 5. The molecular formula is C14H17N3O3. The Labute approximate surface area is 116 Å². The number of nitrogens with zero attached hydrogens (tertiary/aromatic N) is 2. The Hall–Kier alpha value is -2.21. The summed E-state index contributed by atoms with van der Waals surface area (Å²) in [6.45, 7) is 3.39. The van der Waals surface area contributed by atoms with Gasteiger partial charge in [-0.15, -0.1) is 0 Å². The van der Waals surface area contributed by atoms with Crippen molar-refractivity contribution in [2.45, 2.75) is 32.8 Å². The third-order valence-corrected chi connectivity index (χ3v) is 2.75. The summed E-state index contributed by atoms with van der Waals surface area (Å²) in [7, 11) is 0. The van der Waals surface area contributed by atoms with Crippen molar-refractivity contribution >= 4 is 11.6 Å². The van der Waals surface area contributed by atoms with E-state index in [4.69, 9.17) is 4.52 Å². The topological polar surface area (TPSA) is 88.2 Å². The van der Waals surface area contributed by atoms with Crippen LogP contribution in [0, 0.1) is 6.92 Å². The van der Waals surface area contributed by atoms with Gasteiger partial charge in [0.2, 0.25) is 5.91 Å². The van der Waals surface area contributed by atoms with Gasteiger partial charge in [0.25, 0.3) is 5.89 Å².